The van der Waals surface area contributed by atoms with Gasteiger partial charge in [-0.25, -0.2) is 0 Å². The predicted molar refractivity (Wildman–Crippen MR) is 68.1 cm³/mol. The molecule has 0 atom stereocenters. The van der Waals surface area contributed by atoms with Gasteiger partial charge in [0, 0.05) is 5.56 Å². The van der Waals surface area contributed by atoms with E-state index in [4.69, 9.17) is 11.6 Å². The van der Waals surface area contributed by atoms with Gasteiger partial charge in [0.25, 0.3) is 0 Å². The molecular weight excluding hydrogens is 220 g/mol. The Labute approximate surface area is 103 Å². The number of aromatic nitrogens is 2. The predicted octanol–water partition coefficient (Wildman–Crippen LogP) is 4.30. The topological polar surface area (TPSA) is 17.8 Å². The van der Waals surface area contributed by atoms with Crippen LogP contribution < -0.4 is 0 Å². The van der Waals surface area contributed by atoms with Crippen molar-refractivity contribution in [3.8, 4) is 0 Å². The van der Waals surface area contributed by atoms with Crippen molar-refractivity contribution in [2.24, 2.45) is 0 Å². The molecule has 3 heteroatoms. The van der Waals surface area contributed by atoms with Gasteiger partial charge in [-0.2, -0.15) is 5.10 Å². The monoisotopic (exact) mass is 240 g/mol. The molecule has 1 heterocycles. The maximum Gasteiger partial charge on any atom is 0.130 e. The summed E-state index contributed by atoms with van der Waals surface area (Å²) in [6.45, 7) is 4.21. The van der Waals surface area contributed by atoms with E-state index in [1.54, 1.807) is 0 Å². The number of halogens is 1. The minimum Gasteiger partial charge on any atom is -0.250 e. The van der Waals surface area contributed by atoms with Crippen LogP contribution in [0.1, 0.15) is 62.7 Å². The van der Waals surface area contributed by atoms with E-state index in [-0.39, 0.29) is 0 Å². The summed E-state index contributed by atoms with van der Waals surface area (Å²) < 4.78 is 2.08. The molecule has 0 unspecified atom stereocenters. The highest BCUT2D eigenvalue weighted by Crippen LogP contribution is 2.31. The summed E-state index contributed by atoms with van der Waals surface area (Å²) in [5.74, 6) is 0. The second-order valence-corrected chi connectivity index (χ2v) is 5.16. The second kappa shape index (κ2) is 5.22. The second-order valence-electron chi connectivity index (χ2n) is 4.80. The van der Waals surface area contributed by atoms with Gasteiger partial charge in [0.2, 0.25) is 0 Å². The fraction of sp³-hybridized carbons (Fsp3) is 0.769. The summed E-state index contributed by atoms with van der Waals surface area (Å²) in [4.78, 5) is 0. The zero-order valence-electron chi connectivity index (χ0n) is 10.3. The molecule has 90 valence electrons. The smallest absolute Gasteiger partial charge is 0.130 e. The van der Waals surface area contributed by atoms with Crippen molar-refractivity contribution in [3.63, 3.8) is 0 Å². The van der Waals surface area contributed by atoms with Crippen molar-refractivity contribution < 1.29 is 0 Å². The third kappa shape index (κ3) is 2.27. The van der Waals surface area contributed by atoms with E-state index in [2.05, 4.69) is 23.6 Å². The summed E-state index contributed by atoms with van der Waals surface area (Å²) in [7, 11) is 0. The molecule has 1 saturated carbocycles. The summed E-state index contributed by atoms with van der Waals surface area (Å²) in [5.41, 5.74) is 2.34. The fourth-order valence-corrected chi connectivity index (χ4v) is 3.15. The van der Waals surface area contributed by atoms with Gasteiger partial charge in [0.15, 0.2) is 0 Å². The molecule has 0 aliphatic heterocycles. The van der Waals surface area contributed by atoms with Crippen molar-refractivity contribution in [2.45, 2.75) is 64.8 Å². The number of hydrogen-bond donors (Lipinski definition) is 0. The SMILES string of the molecule is CCc1c(C)nn(C2CCCCCC2)c1Cl. The van der Waals surface area contributed by atoms with Gasteiger partial charge in [-0.1, -0.05) is 44.2 Å². The zero-order valence-corrected chi connectivity index (χ0v) is 11.1. The molecule has 2 nitrogen and oxygen atoms in total. The number of nitrogens with zero attached hydrogens (tertiary/aromatic N) is 2. The maximum atomic E-state index is 6.42. The first kappa shape index (κ1) is 12.0. The van der Waals surface area contributed by atoms with Gasteiger partial charge >= 0.3 is 0 Å². The van der Waals surface area contributed by atoms with Crippen molar-refractivity contribution in [1.82, 2.24) is 9.78 Å². The molecule has 0 aromatic carbocycles. The molecule has 0 bridgehead atoms. The molecule has 1 aliphatic carbocycles. The molecule has 0 radical (unpaired) electrons. The summed E-state index contributed by atoms with van der Waals surface area (Å²) in [6.07, 6.45) is 8.85. The van der Waals surface area contributed by atoms with E-state index < -0.39 is 0 Å². The molecule has 16 heavy (non-hydrogen) atoms. The number of hydrogen-bond acceptors (Lipinski definition) is 1. The van der Waals surface area contributed by atoms with Crippen LogP contribution in [-0.2, 0) is 6.42 Å². The lowest BCUT2D eigenvalue weighted by Gasteiger charge is -2.15. The first-order valence-corrected chi connectivity index (χ1v) is 6.85. The Balaban J connectivity index is 2.24. The molecule has 0 N–H and O–H groups in total. The van der Waals surface area contributed by atoms with Crippen molar-refractivity contribution in [3.05, 3.63) is 16.4 Å². The first-order chi connectivity index (χ1) is 7.74. The van der Waals surface area contributed by atoms with Crippen LogP contribution in [0.5, 0.6) is 0 Å². The maximum absolute atomic E-state index is 6.42. The summed E-state index contributed by atoms with van der Waals surface area (Å²) >= 11 is 6.42. The van der Waals surface area contributed by atoms with Crippen LogP contribution >= 0.6 is 11.6 Å². The first-order valence-electron chi connectivity index (χ1n) is 6.47. The van der Waals surface area contributed by atoms with Crippen LogP contribution in [0, 0.1) is 6.92 Å². The quantitative estimate of drug-likeness (QED) is 0.705. The standard InChI is InChI=1S/C13H21ClN2/c1-3-12-10(2)15-16(13(12)14)11-8-6-4-5-7-9-11/h11H,3-9H2,1-2H3. The Morgan fingerprint density at radius 3 is 2.38 bits per heavy atom. The Bertz CT molecular complexity index is 349. The Morgan fingerprint density at radius 1 is 1.25 bits per heavy atom. The number of aryl methyl sites for hydroxylation is 1. The van der Waals surface area contributed by atoms with E-state index in [1.165, 1.54) is 44.1 Å². The van der Waals surface area contributed by atoms with E-state index >= 15 is 0 Å². The molecule has 0 saturated heterocycles. The molecular formula is C13H21ClN2. The van der Waals surface area contributed by atoms with Gasteiger partial charge in [-0.05, 0) is 26.2 Å². The third-order valence-corrected chi connectivity index (χ3v) is 4.07. The normalized spacial score (nSPS) is 18.7. The van der Waals surface area contributed by atoms with Crippen molar-refractivity contribution in [2.75, 3.05) is 0 Å². The zero-order chi connectivity index (χ0) is 11.5. The lowest BCUT2D eigenvalue weighted by Crippen LogP contribution is -2.10. The molecule has 0 amide bonds. The molecule has 2 rings (SSSR count). The molecule has 0 spiro atoms. The van der Waals surface area contributed by atoms with Crippen LogP contribution in [-0.4, -0.2) is 9.78 Å². The van der Waals surface area contributed by atoms with Crippen LogP contribution in [0.3, 0.4) is 0 Å². The van der Waals surface area contributed by atoms with Gasteiger partial charge < -0.3 is 0 Å². The van der Waals surface area contributed by atoms with E-state index in [9.17, 15) is 0 Å². The average molecular weight is 241 g/mol. The van der Waals surface area contributed by atoms with E-state index in [0.717, 1.165) is 17.3 Å². The highest BCUT2D eigenvalue weighted by atomic mass is 35.5. The Kier molecular flexibility index (Phi) is 3.91. The van der Waals surface area contributed by atoms with Gasteiger partial charge in [0.1, 0.15) is 5.15 Å². The molecule has 1 aromatic rings. The van der Waals surface area contributed by atoms with Crippen LogP contribution in [0.4, 0.5) is 0 Å². The summed E-state index contributed by atoms with van der Waals surface area (Å²) in [6, 6.07) is 0.536. The summed E-state index contributed by atoms with van der Waals surface area (Å²) in [5, 5.41) is 5.51. The van der Waals surface area contributed by atoms with Crippen molar-refractivity contribution in [1.29, 1.82) is 0 Å². The van der Waals surface area contributed by atoms with Crippen LogP contribution in [0.2, 0.25) is 5.15 Å². The van der Waals surface area contributed by atoms with E-state index in [0.29, 0.717) is 6.04 Å². The number of rotatable bonds is 2. The lowest BCUT2D eigenvalue weighted by atomic mass is 10.1. The van der Waals surface area contributed by atoms with Crippen LogP contribution in [0.25, 0.3) is 0 Å². The Hall–Kier alpha value is -0.500. The fourth-order valence-electron chi connectivity index (χ4n) is 2.70. The lowest BCUT2D eigenvalue weighted by molar-refractivity contribution is 0.404. The molecule has 1 aliphatic rings. The Morgan fingerprint density at radius 2 is 1.88 bits per heavy atom. The van der Waals surface area contributed by atoms with Crippen LogP contribution in [0.15, 0.2) is 0 Å². The minimum absolute atomic E-state index is 0.536. The third-order valence-electron chi connectivity index (χ3n) is 3.67. The van der Waals surface area contributed by atoms with E-state index in [1.807, 2.05) is 0 Å². The van der Waals surface area contributed by atoms with Crippen molar-refractivity contribution >= 4 is 11.6 Å². The largest absolute Gasteiger partial charge is 0.250 e. The average Bonchev–Trinajstić information content (AvgIpc) is 2.49. The highest BCUT2D eigenvalue weighted by molar-refractivity contribution is 6.30. The van der Waals surface area contributed by atoms with Gasteiger partial charge in [-0.15, -0.1) is 0 Å². The highest BCUT2D eigenvalue weighted by Gasteiger charge is 2.20. The van der Waals surface area contributed by atoms with Gasteiger partial charge in [-0.3, -0.25) is 4.68 Å². The molecule has 1 fully saturated rings. The molecule has 1 aromatic heterocycles. The minimum atomic E-state index is 0.536. The van der Waals surface area contributed by atoms with Gasteiger partial charge in [0.05, 0.1) is 11.7 Å².